The van der Waals surface area contributed by atoms with Crippen LogP contribution in [0.3, 0.4) is 0 Å². The first-order valence-electron chi connectivity index (χ1n) is 12.5. The molecule has 1 unspecified atom stereocenters. The first kappa shape index (κ1) is 26.3. The number of Topliss-reactive ketones (excluding diaryl/α,β-unsaturated/α-hetero) is 1. The van der Waals surface area contributed by atoms with Gasteiger partial charge in [0.15, 0.2) is 11.5 Å². The summed E-state index contributed by atoms with van der Waals surface area (Å²) in [7, 11) is 1.48. The molecule has 0 bridgehead atoms. The summed E-state index contributed by atoms with van der Waals surface area (Å²) in [4.78, 5) is 34.2. The molecule has 1 aliphatic carbocycles. The number of carbonyl (C=O) groups is 2. The highest BCUT2D eigenvalue weighted by Gasteiger charge is 2.43. The van der Waals surface area contributed by atoms with Crippen molar-refractivity contribution in [3.63, 3.8) is 0 Å². The van der Waals surface area contributed by atoms with E-state index in [1.165, 1.54) is 16.9 Å². The Morgan fingerprint density at radius 2 is 2.11 bits per heavy atom. The van der Waals surface area contributed by atoms with Gasteiger partial charge in [-0.3, -0.25) is 9.59 Å². The zero-order chi connectivity index (χ0) is 26.0. The molecule has 194 valence electrons. The molecule has 4 rings (SSSR count). The molecular formula is C27H35N3O5S. The van der Waals surface area contributed by atoms with Gasteiger partial charge in [-0.2, -0.15) is 0 Å². The number of aryl methyl sites for hydroxylation is 1. The summed E-state index contributed by atoms with van der Waals surface area (Å²) in [6, 6.07) is 0.957. The first-order valence-corrected chi connectivity index (χ1v) is 13.4. The van der Waals surface area contributed by atoms with E-state index in [0.29, 0.717) is 24.0 Å². The van der Waals surface area contributed by atoms with Crippen molar-refractivity contribution in [2.75, 3.05) is 13.7 Å². The van der Waals surface area contributed by atoms with Gasteiger partial charge in [-0.25, -0.2) is 4.98 Å². The predicted molar refractivity (Wildman–Crippen MR) is 137 cm³/mol. The number of hydrogen-bond donors (Lipinski definition) is 1. The standard InChI is InChI=1S/C27H35N3O5S/c1-15(2)25(23-12-24(34-5)29-35-23)27(33)30-13-20(31)11-21(30)22(32)10-16(3)18-6-8-19(9-7-18)26-17(4)28-14-36-26/h6-8,12,14-16,19-21,25,31H,9-11,13H2,1-5H3/t16-,19?,20-,21+,25-/m1/s1. The molecule has 1 fully saturated rings. The molecule has 0 spiro atoms. The summed E-state index contributed by atoms with van der Waals surface area (Å²) < 4.78 is 10.5. The number of amides is 1. The number of ketones is 1. The molecule has 9 heteroatoms. The van der Waals surface area contributed by atoms with E-state index >= 15 is 0 Å². The minimum absolute atomic E-state index is 0.0198. The molecule has 0 radical (unpaired) electrons. The van der Waals surface area contributed by atoms with Crippen molar-refractivity contribution in [3.8, 4) is 5.88 Å². The number of β-amino-alcohol motifs (C(OH)–C–C–N with tert-alkyl or cyclic N) is 1. The largest absolute Gasteiger partial charge is 0.479 e. The molecule has 2 aliphatic rings. The average molecular weight is 514 g/mol. The number of aliphatic hydroxyl groups is 1. The Hall–Kier alpha value is -2.78. The SMILES string of the molecule is COc1cc([C@H](C(=O)N2C[C@H](O)C[C@H]2C(=O)C[C@@H](C)C2=CCC(c3scnc3C)C=C2)C(C)C)on1. The van der Waals surface area contributed by atoms with Crippen LogP contribution in [0.4, 0.5) is 0 Å². The van der Waals surface area contributed by atoms with Crippen LogP contribution in [0, 0.1) is 18.8 Å². The number of rotatable bonds is 9. The minimum Gasteiger partial charge on any atom is -0.479 e. The molecule has 2 aromatic heterocycles. The summed E-state index contributed by atoms with van der Waals surface area (Å²) in [6.45, 7) is 8.06. The number of likely N-dealkylation sites (tertiary alicyclic amines) is 1. The molecule has 2 aromatic rings. The lowest BCUT2D eigenvalue weighted by Gasteiger charge is -2.29. The fraction of sp³-hybridized carbons (Fsp3) is 0.556. The van der Waals surface area contributed by atoms with Gasteiger partial charge < -0.3 is 19.3 Å². The highest BCUT2D eigenvalue weighted by atomic mass is 32.1. The van der Waals surface area contributed by atoms with E-state index in [1.54, 1.807) is 17.4 Å². The van der Waals surface area contributed by atoms with Crippen LogP contribution in [-0.4, -0.2) is 57.6 Å². The van der Waals surface area contributed by atoms with E-state index in [2.05, 4.69) is 28.4 Å². The van der Waals surface area contributed by atoms with Gasteiger partial charge in [0.05, 0.1) is 30.5 Å². The van der Waals surface area contributed by atoms with Crippen LogP contribution in [-0.2, 0) is 9.59 Å². The summed E-state index contributed by atoms with van der Waals surface area (Å²) in [5.74, 6) is 0.0803. The Labute approximate surface area is 216 Å². The maximum Gasteiger partial charge on any atom is 0.254 e. The van der Waals surface area contributed by atoms with Crippen LogP contribution in [0.15, 0.2) is 39.9 Å². The molecule has 5 atom stereocenters. The highest BCUT2D eigenvalue weighted by Crippen LogP contribution is 2.35. The summed E-state index contributed by atoms with van der Waals surface area (Å²) in [5, 5.41) is 14.2. The van der Waals surface area contributed by atoms with Crippen molar-refractivity contribution >= 4 is 23.0 Å². The van der Waals surface area contributed by atoms with Crippen LogP contribution in [0.1, 0.15) is 68.2 Å². The van der Waals surface area contributed by atoms with Gasteiger partial charge in [0.1, 0.15) is 5.92 Å². The van der Waals surface area contributed by atoms with Gasteiger partial charge in [-0.15, -0.1) is 11.3 Å². The molecule has 1 saturated heterocycles. The van der Waals surface area contributed by atoms with Gasteiger partial charge in [0.25, 0.3) is 5.88 Å². The third kappa shape index (κ3) is 5.47. The first-order chi connectivity index (χ1) is 17.2. The van der Waals surface area contributed by atoms with Crippen molar-refractivity contribution < 1.29 is 24.0 Å². The van der Waals surface area contributed by atoms with Gasteiger partial charge in [0.2, 0.25) is 5.91 Å². The average Bonchev–Trinajstić information content (AvgIpc) is 3.58. The van der Waals surface area contributed by atoms with Gasteiger partial charge in [-0.05, 0) is 35.9 Å². The number of thiazole rings is 1. The number of hydrogen-bond acceptors (Lipinski definition) is 8. The van der Waals surface area contributed by atoms with Crippen LogP contribution in [0.5, 0.6) is 5.88 Å². The number of nitrogens with zero attached hydrogens (tertiary/aromatic N) is 3. The van der Waals surface area contributed by atoms with Gasteiger partial charge in [0, 0.05) is 36.2 Å². The predicted octanol–water partition coefficient (Wildman–Crippen LogP) is 4.41. The topological polar surface area (TPSA) is 106 Å². The van der Waals surface area contributed by atoms with Crippen molar-refractivity contribution in [2.45, 2.75) is 70.9 Å². The smallest absolute Gasteiger partial charge is 0.254 e. The summed E-state index contributed by atoms with van der Waals surface area (Å²) >= 11 is 1.68. The lowest BCUT2D eigenvalue weighted by Crippen LogP contribution is -2.44. The maximum absolute atomic E-state index is 13.6. The third-order valence-electron chi connectivity index (χ3n) is 7.21. The van der Waals surface area contributed by atoms with Gasteiger partial charge >= 0.3 is 0 Å². The molecular weight excluding hydrogens is 478 g/mol. The second kappa shape index (κ2) is 11.1. The van der Waals surface area contributed by atoms with Gasteiger partial charge in [-0.1, -0.05) is 39.0 Å². The zero-order valence-corrected chi connectivity index (χ0v) is 22.3. The molecule has 0 aromatic carbocycles. The van der Waals surface area contributed by atoms with Crippen molar-refractivity contribution in [1.29, 1.82) is 0 Å². The van der Waals surface area contributed by atoms with Crippen molar-refractivity contribution in [1.82, 2.24) is 15.0 Å². The number of ether oxygens (including phenoxy) is 1. The van der Waals surface area contributed by atoms with Crippen LogP contribution < -0.4 is 4.74 Å². The minimum atomic E-state index is -0.729. The lowest BCUT2D eigenvalue weighted by molar-refractivity contribution is -0.140. The molecule has 1 amide bonds. The Morgan fingerprint density at radius 1 is 1.33 bits per heavy atom. The molecule has 0 saturated carbocycles. The summed E-state index contributed by atoms with van der Waals surface area (Å²) in [5.41, 5.74) is 4.08. The monoisotopic (exact) mass is 513 g/mol. The fourth-order valence-electron chi connectivity index (χ4n) is 5.21. The quantitative estimate of drug-likeness (QED) is 0.529. The number of methoxy groups -OCH3 is 1. The Bertz CT molecular complexity index is 1150. The van der Waals surface area contributed by atoms with E-state index in [4.69, 9.17) is 9.26 Å². The molecule has 3 heterocycles. The second-order valence-corrected chi connectivity index (χ2v) is 11.1. The molecule has 8 nitrogen and oxygen atoms in total. The van der Waals surface area contributed by atoms with Crippen LogP contribution in [0.25, 0.3) is 0 Å². The normalized spacial score (nSPS) is 23.6. The fourth-order valence-corrected chi connectivity index (χ4v) is 6.11. The summed E-state index contributed by atoms with van der Waals surface area (Å²) in [6.07, 6.45) is 7.24. The molecule has 36 heavy (non-hydrogen) atoms. The Morgan fingerprint density at radius 3 is 2.69 bits per heavy atom. The van der Waals surface area contributed by atoms with Crippen LogP contribution >= 0.6 is 11.3 Å². The van der Waals surface area contributed by atoms with E-state index in [0.717, 1.165) is 17.7 Å². The van der Waals surface area contributed by atoms with E-state index in [-0.39, 0.29) is 36.5 Å². The van der Waals surface area contributed by atoms with E-state index in [9.17, 15) is 14.7 Å². The van der Waals surface area contributed by atoms with E-state index < -0.39 is 18.1 Å². The van der Waals surface area contributed by atoms with E-state index in [1.807, 2.05) is 33.2 Å². The highest BCUT2D eigenvalue weighted by molar-refractivity contribution is 7.09. The molecule has 1 N–H and O–H groups in total. The van der Waals surface area contributed by atoms with Crippen molar-refractivity contribution in [2.24, 2.45) is 11.8 Å². The second-order valence-electron chi connectivity index (χ2n) is 10.2. The number of carbonyl (C=O) groups excluding carboxylic acids is 2. The lowest BCUT2D eigenvalue weighted by atomic mass is 9.86. The zero-order valence-electron chi connectivity index (χ0n) is 21.5. The number of aromatic nitrogens is 2. The maximum atomic E-state index is 13.6. The molecule has 1 aliphatic heterocycles. The van der Waals surface area contributed by atoms with Crippen LogP contribution in [0.2, 0.25) is 0 Å². The van der Waals surface area contributed by atoms with Crippen molar-refractivity contribution in [3.05, 3.63) is 51.7 Å². The number of allylic oxidation sites excluding steroid dienone is 4. The Kier molecular flexibility index (Phi) is 8.10. The Balaban J connectivity index is 1.43. The number of aliphatic hydroxyl groups excluding tert-OH is 1. The third-order valence-corrected chi connectivity index (χ3v) is 8.28.